The molecule has 0 aliphatic rings. The van der Waals surface area contributed by atoms with Crippen LogP contribution in [0.1, 0.15) is 19.4 Å². The molecule has 0 saturated heterocycles. The van der Waals surface area contributed by atoms with Crippen molar-refractivity contribution in [3.63, 3.8) is 0 Å². The average Bonchev–Trinajstić information content (AvgIpc) is 2.39. The molecular weight excluding hydrogens is 394 g/mol. The summed E-state index contributed by atoms with van der Waals surface area (Å²) in [6.07, 6.45) is 1.46. The first kappa shape index (κ1) is 16.8. The molecule has 8 heteroatoms. The Morgan fingerprint density at radius 1 is 1.35 bits per heavy atom. The number of amides is 2. The Kier molecular flexibility index (Phi) is 6.80. The van der Waals surface area contributed by atoms with Crippen molar-refractivity contribution in [1.29, 1.82) is 0 Å². The summed E-state index contributed by atoms with van der Waals surface area (Å²) in [5, 5.41) is 3.72. The molecule has 20 heavy (non-hydrogen) atoms. The van der Waals surface area contributed by atoms with Gasteiger partial charge in [-0.3, -0.25) is 0 Å². The summed E-state index contributed by atoms with van der Waals surface area (Å²) >= 11 is 6.88. The lowest BCUT2D eigenvalue weighted by molar-refractivity contribution is 0.249. The van der Waals surface area contributed by atoms with E-state index in [1.54, 1.807) is 6.07 Å². The molecule has 0 saturated carbocycles. The monoisotopic (exact) mass is 407 g/mol. The summed E-state index contributed by atoms with van der Waals surface area (Å²) in [4.78, 5) is 10.6. The molecule has 1 aromatic rings. The first-order chi connectivity index (χ1) is 9.51. The molecular formula is C12H15Br2N3O3. The minimum atomic E-state index is -0.729. The molecule has 0 fully saturated rings. The number of rotatable bonds is 6. The molecule has 0 aliphatic heterocycles. The number of carbonyl (C=O) groups excluding carboxylic acids is 1. The van der Waals surface area contributed by atoms with Crippen LogP contribution in [-0.4, -0.2) is 25.5 Å². The van der Waals surface area contributed by atoms with E-state index in [0.717, 1.165) is 4.47 Å². The van der Waals surface area contributed by atoms with Gasteiger partial charge in [-0.1, -0.05) is 0 Å². The van der Waals surface area contributed by atoms with Crippen LogP contribution in [0.3, 0.4) is 0 Å². The maximum absolute atomic E-state index is 10.6. The van der Waals surface area contributed by atoms with Crippen LogP contribution in [0.4, 0.5) is 4.79 Å². The van der Waals surface area contributed by atoms with E-state index in [1.807, 2.05) is 13.8 Å². The van der Waals surface area contributed by atoms with Crippen molar-refractivity contribution in [1.82, 2.24) is 5.43 Å². The van der Waals surface area contributed by atoms with Gasteiger partial charge in [-0.15, -0.1) is 0 Å². The van der Waals surface area contributed by atoms with E-state index in [1.165, 1.54) is 6.21 Å². The van der Waals surface area contributed by atoms with Crippen LogP contribution in [0.2, 0.25) is 0 Å². The number of nitrogens with two attached hydrogens (primary N) is 1. The Morgan fingerprint density at radius 3 is 2.55 bits per heavy atom. The Hall–Kier alpha value is -1.28. The minimum absolute atomic E-state index is 0.504. The van der Waals surface area contributed by atoms with Gasteiger partial charge >= 0.3 is 6.03 Å². The third-order valence-electron chi connectivity index (χ3n) is 2.12. The standard InChI is InChI=1S/C12H15Br2N3O3/c1-3-19-8-5-7(6-16-17-12(15)18)9(13)10(14)11(8)20-4-2/h5-6H,3-4H2,1-2H3,(H3,15,17,18). The number of hydrogen-bond donors (Lipinski definition) is 2. The van der Waals surface area contributed by atoms with Crippen molar-refractivity contribution in [2.24, 2.45) is 10.8 Å². The van der Waals surface area contributed by atoms with E-state index in [-0.39, 0.29) is 0 Å². The van der Waals surface area contributed by atoms with Gasteiger partial charge in [-0.2, -0.15) is 5.10 Å². The fourth-order valence-corrected chi connectivity index (χ4v) is 2.34. The molecule has 6 nitrogen and oxygen atoms in total. The Labute approximate surface area is 133 Å². The van der Waals surface area contributed by atoms with Crippen LogP contribution >= 0.6 is 31.9 Å². The number of nitrogens with one attached hydrogen (secondary N) is 1. The molecule has 0 spiro atoms. The SMILES string of the molecule is CCOc1cc(C=NNC(N)=O)c(Br)c(Br)c1OCC. The molecule has 1 aromatic carbocycles. The van der Waals surface area contributed by atoms with Gasteiger partial charge in [-0.25, -0.2) is 10.2 Å². The summed E-state index contributed by atoms with van der Waals surface area (Å²) in [5.74, 6) is 1.20. The summed E-state index contributed by atoms with van der Waals surface area (Å²) in [5.41, 5.74) is 7.77. The number of primary amides is 1. The Morgan fingerprint density at radius 2 is 2.00 bits per heavy atom. The number of carbonyl (C=O) groups is 1. The van der Waals surface area contributed by atoms with E-state index >= 15 is 0 Å². The van der Waals surface area contributed by atoms with Crippen molar-refractivity contribution < 1.29 is 14.3 Å². The topological polar surface area (TPSA) is 85.9 Å². The molecule has 3 N–H and O–H groups in total. The van der Waals surface area contributed by atoms with Gasteiger partial charge in [0.05, 0.1) is 23.9 Å². The minimum Gasteiger partial charge on any atom is -0.490 e. The summed E-state index contributed by atoms with van der Waals surface area (Å²) in [6.45, 7) is 4.79. The van der Waals surface area contributed by atoms with Gasteiger partial charge in [0.2, 0.25) is 0 Å². The molecule has 0 unspecified atom stereocenters. The number of halogens is 2. The van der Waals surface area contributed by atoms with Crippen LogP contribution in [0.25, 0.3) is 0 Å². The molecule has 0 radical (unpaired) electrons. The smallest absolute Gasteiger partial charge is 0.332 e. The number of ether oxygens (including phenoxy) is 2. The number of benzene rings is 1. The van der Waals surface area contributed by atoms with Gasteiger partial charge in [0.1, 0.15) is 0 Å². The molecule has 0 bridgehead atoms. The number of nitrogens with zero attached hydrogens (tertiary/aromatic N) is 1. The van der Waals surface area contributed by atoms with Crippen molar-refractivity contribution in [2.45, 2.75) is 13.8 Å². The molecule has 0 atom stereocenters. The highest BCUT2D eigenvalue weighted by Gasteiger charge is 2.16. The van der Waals surface area contributed by atoms with Gasteiger partial charge in [0, 0.05) is 10.0 Å². The van der Waals surface area contributed by atoms with E-state index in [0.29, 0.717) is 34.7 Å². The van der Waals surface area contributed by atoms with Crippen LogP contribution < -0.4 is 20.6 Å². The van der Waals surface area contributed by atoms with Crippen LogP contribution in [0.15, 0.2) is 20.1 Å². The Bertz CT molecular complexity index is 521. The van der Waals surface area contributed by atoms with Gasteiger partial charge in [0.25, 0.3) is 0 Å². The normalized spacial score (nSPS) is 10.6. The zero-order chi connectivity index (χ0) is 15.1. The second-order valence-electron chi connectivity index (χ2n) is 3.52. The highest BCUT2D eigenvalue weighted by molar-refractivity contribution is 9.13. The molecule has 2 amide bonds. The predicted octanol–water partition coefficient (Wildman–Crippen LogP) is 3.01. The van der Waals surface area contributed by atoms with Crippen LogP contribution in [-0.2, 0) is 0 Å². The first-order valence-corrected chi connectivity index (χ1v) is 7.45. The predicted molar refractivity (Wildman–Crippen MR) is 84.5 cm³/mol. The second kappa shape index (κ2) is 8.11. The van der Waals surface area contributed by atoms with Crippen molar-refractivity contribution in [3.8, 4) is 11.5 Å². The third-order valence-corrected chi connectivity index (χ3v) is 4.27. The van der Waals surface area contributed by atoms with Crippen LogP contribution in [0.5, 0.6) is 11.5 Å². The highest BCUT2D eigenvalue weighted by Crippen LogP contribution is 2.42. The zero-order valence-electron chi connectivity index (χ0n) is 11.1. The molecule has 110 valence electrons. The summed E-state index contributed by atoms with van der Waals surface area (Å²) in [6, 6.07) is 1.03. The van der Waals surface area contributed by atoms with E-state index < -0.39 is 6.03 Å². The average molecular weight is 409 g/mol. The lowest BCUT2D eigenvalue weighted by Crippen LogP contribution is -2.24. The zero-order valence-corrected chi connectivity index (χ0v) is 14.2. The lowest BCUT2D eigenvalue weighted by Gasteiger charge is -2.15. The van der Waals surface area contributed by atoms with Gasteiger partial charge < -0.3 is 15.2 Å². The first-order valence-electron chi connectivity index (χ1n) is 5.87. The largest absolute Gasteiger partial charge is 0.490 e. The Balaban J connectivity index is 3.19. The summed E-state index contributed by atoms with van der Waals surface area (Å²) in [7, 11) is 0. The molecule has 0 aliphatic carbocycles. The van der Waals surface area contributed by atoms with Crippen LogP contribution in [0, 0.1) is 0 Å². The maximum atomic E-state index is 10.6. The van der Waals surface area contributed by atoms with Gasteiger partial charge in [0.15, 0.2) is 11.5 Å². The van der Waals surface area contributed by atoms with E-state index in [9.17, 15) is 4.79 Å². The van der Waals surface area contributed by atoms with E-state index in [2.05, 4.69) is 42.4 Å². The maximum Gasteiger partial charge on any atom is 0.332 e. The molecule has 0 aromatic heterocycles. The second-order valence-corrected chi connectivity index (χ2v) is 5.11. The number of hydrogen-bond acceptors (Lipinski definition) is 4. The highest BCUT2D eigenvalue weighted by atomic mass is 79.9. The lowest BCUT2D eigenvalue weighted by atomic mass is 10.2. The van der Waals surface area contributed by atoms with Crippen molar-refractivity contribution >= 4 is 44.1 Å². The summed E-state index contributed by atoms with van der Waals surface area (Å²) < 4.78 is 12.6. The van der Waals surface area contributed by atoms with E-state index in [4.69, 9.17) is 15.2 Å². The van der Waals surface area contributed by atoms with Crippen molar-refractivity contribution in [2.75, 3.05) is 13.2 Å². The fourth-order valence-electron chi connectivity index (χ4n) is 1.41. The third kappa shape index (κ3) is 4.38. The fraction of sp³-hybridized carbons (Fsp3) is 0.333. The quantitative estimate of drug-likeness (QED) is 0.560. The van der Waals surface area contributed by atoms with Crippen molar-refractivity contribution in [3.05, 3.63) is 20.6 Å². The molecule has 1 rings (SSSR count). The number of urea groups is 1. The van der Waals surface area contributed by atoms with Gasteiger partial charge in [-0.05, 0) is 51.8 Å². The molecule has 0 heterocycles. The number of hydrazone groups is 1.